The summed E-state index contributed by atoms with van der Waals surface area (Å²) in [6.07, 6.45) is 27.1. The zero-order chi connectivity index (χ0) is 28.3. The lowest BCUT2D eigenvalue weighted by Crippen LogP contribution is -2.51. The Hall–Kier alpha value is -1.38. The lowest BCUT2D eigenvalue weighted by atomic mass is 9.47. The summed E-state index contributed by atoms with van der Waals surface area (Å²) in [5, 5.41) is 0. The van der Waals surface area contributed by atoms with E-state index < -0.39 is 0 Å². The molecule has 3 nitrogen and oxygen atoms in total. The minimum absolute atomic E-state index is 0.0333. The number of hydrogen-bond donors (Lipinski definition) is 0. The van der Waals surface area contributed by atoms with E-state index in [1.54, 1.807) is 5.57 Å². The number of esters is 1. The topological polar surface area (TPSA) is 38.7 Å². The average molecular weight is 550 g/mol. The summed E-state index contributed by atoms with van der Waals surface area (Å²) in [5.41, 5.74) is 3.54. The van der Waals surface area contributed by atoms with Gasteiger partial charge in [-0.2, -0.15) is 0 Å². The van der Waals surface area contributed by atoms with E-state index in [0.29, 0.717) is 23.7 Å². The van der Waals surface area contributed by atoms with Gasteiger partial charge in [-0.15, -0.1) is 0 Å². The van der Waals surface area contributed by atoms with E-state index in [1.165, 1.54) is 70.6 Å². The van der Waals surface area contributed by atoms with E-state index in [0.717, 1.165) is 66.9 Å². The summed E-state index contributed by atoms with van der Waals surface area (Å²) < 4.78 is 6.08. The predicted molar refractivity (Wildman–Crippen MR) is 167 cm³/mol. The van der Waals surface area contributed by atoms with Crippen LogP contribution in [0.1, 0.15) is 144 Å². The van der Waals surface area contributed by atoms with Gasteiger partial charge in [0.25, 0.3) is 0 Å². The summed E-state index contributed by atoms with van der Waals surface area (Å²) in [6, 6.07) is 0. The number of rotatable bonds is 9. The Morgan fingerprint density at radius 1 is 1.00 bits per heavy atom. The Morgan fingerprint density at radius 2 is 1.82 bits per heavy atom. The van der Waals surface area contributed by atoms with Crippen LogP contribution in [0.2, 0.25) is 0 Å². The van der Waals surface area contributed by atoms with Crippen molar-refractivity contribution >= 4 is 12.2 Å². The number of hydrogen-bond acceptors (Lipinski definition) is 3. The van der Waals surface area contributed by atoms with Crippen molar-refractivity contribution < 1.29 is 9.53 Å². The second-order valence-corrected chi connectivity index (χ2v) is 15.4. The summed E-state index contributed by atoms with van der Waals surface area (Å²) in [6.45, 7) is 12.6. The minimum Gasteiger partial charge on any atom is -0.462 e. The molecule has 5 rings (SSSR count). The molecule has 0 radical (unpaired) electrons. The third-order valence-corrected chi connectivity index (χ3v) is 12.6. The van der Waals surface area contributed by atoms with Crippen molar-refractivity contribution in [3.63, 3.8) is 0 Å². The summed E-state index contributed by atoms with van der Waals surface area (Å²) in [5.74, 6) is 5.17. The first-order valence-electron chi connectivity index (χ1n) is 17.3. The molecule has 3 fully saturated rings. The smallest absolute Gasteiger partial charge is 0.306 e. The number of carbonyl (C=O) groups is 1. The molecule has 0 aromatic rings. The lowest BCUT2D eigenvalue weighted by Gasteiger charge is -2.58. The highest BCUT2D eigenvalue weighted by Crippen LogP contribution is 2.67. The van der Waals surface area contributed by atoms with Gasteiger partial charge in [-0.3, -0.25) is 9.79 Å². The van der Waals surface area contributed by atoms with Gasteiger partial charge < -0.3 is 4.74 Å². The van der Waals surface area contributed by atoms with Gasteiger partial charge in [0, 0.05) is 18.3 Å². The van der Waals surface area contributed by atoms with Crippen molar-refractivity contribution in [2.24, 2.45) is 51.3 Å². The third-order valence-electron chi connectivity index (χ3n) is 12.6. The van der Waals surface area contributed by atoms with Crippen LogP contribution in [0.3, 0.4) is 0 Å². The molecular weight excluding hydrogens is 490 g/mol. The number of ether oxygens (including phenoxy) is 1. The van der Waals surface area contributed by atoms with Crippen LogP contribution >= 0.6 is 0 Å². The Morgan fingerprint density at radius 3 is 2.65 bits per heavy atom. The van der Waals surface area contributed by atoms with Crippen molar-refractivity contribution in [2.45, 2.75) is 150 Å². The summed E-state index contributed by atoms with van der Waals surface area (Å²) in [4.78, 5) is 17.4. The SMILES string of the molecule is CC(C)CCCC(C)[C@H]1CCC2C3CC=C4C[C@@H](OC(=O)CC/C5=C/CCCCC=N5)CC[C@]4(C)C3CC[C@@]21C. The number of nitrogens with zero attached hydrogens (tertiary/aromatic N) is 1. The van der Waals surface area contributed by atoms with Crippen molar-refractivity contribution in [3.05, 3.63) is 23.4 Å². The first-order chi connectivity index (χ1) is 19.2. The monoisotopic (exact) mass is 549 g/mol. The van der Waals surface area contributed by atoms with Crippen LogP contribution in [0.4, 0.5) is 0 Å². The molecule has 8 atom stereocenters. The normalized spacial score (nSPS) is 39.6. The molecule has 4 unspecified atom stereocenters. The number of fused-ring (bicyclic) bond motifs is 5. The molecule has 3 saturated carbocycles. The van der Waals surface area contributed by atoms with E-state index >= 15 is 0 Å². The standard InChI is InChI=1S/C37H59NO2/c1-26(2)11-10-12-27(3)32-17-18-33-31-16-14-28-25-30(20-22-36(28,4)34(31)21-23-37(32,33)5)40-35(39)19-15-29-13-8-6-7-9-24-38-29/h13-14,24,26-27,30-34H,6-12,15-23,25H2,1-5H3/b29-13-,38-24?/t27?,30-,31?,32+,33?,34?,36-,37+/m0/s1. The highest BCUT2D eigenvalue weighted by Gasteiger charge is 2.59. The average Bonchev–Trinajstić information content (AvgIpc) is 3.25. The largest absolute Gasteiger partial charge is 0.462 e. The van der Waals surface area contributed by atoms with Crippen molar-refractivity contribution in [2.75, 3.05) is 0 Å². The first kappa shape index (κ1) is 30.1. The maximum absolute atomic E-state index is 12.8. The van der Waals surface area contributed by atoms with Crippen molar-refractivity contribution in [3.8, 4) is 0 Å². The van der Waals surface area contributed by atoms with Crippen LogP contribution < -0.4 is 0 Å². The summed E-state index contributed by atoms with van der Waals surface area (Å²) >= 11 is 0. The minimum atomic E-state index is -0.0333. The van der Waals surface area contributed by atoms with Crippen LogP contribution in [0.15, 0.2) is 28.4 Å². The molecule has 224 valence electrons. The fourth-order valence-corrected chi connectivity index (χ4v) is 10.3. The van der Waals surface area contributed by atoms with Crippen LogP contribution in [-0.4, -0.2) is 18.3 Å². The van der Waals surface area contributed by atoms with Gasteiger partial charge in [0.05, 0.1) is 6.42 Å². The molecule has 0 spiro atoms. The quantitative estimate of drug-likeness (QED) is 0.212. The lowest BCUT2D eigenvalue weighted by molar-refractivity contribution is -0.151. The van der Waals surface area contributed by atoms with E-state index in [1.807, 2.05) is 6.21 Å². The number of carbonyl (C=O) groups excluding carboxylic acids is 1. The molecule has 40 heavy (non-hydrogen) atoms. The maximum atomic E-state index is 12.8. The van der Waals surface area contributed by atoms with E-state index in [4.69, 9.17) is 4.74 Å². The molecule has 0 aromatic heterocycles. The highest BCUT2D eigenvalue weighted by atomic mass is 16.5. The van der Waals surface area contributed by atoms with Gasteiger partial charge in [0.2, 0.25) is 0 Å². The van der Waals surface area contributed by atoms with Gasteiger partial charge in [0.1, 0.15) is 6.10 Å². The zero-order valence-electron chi connectivity index (χ0n) is 26.6. The second kappa shape index (κ2) is 12.9. The molecule has 4 aliphatic carbocycles. The van der Waals surface area contributed by atoms with Crippen LogP contribution in [0.5, 0.6) is 0 Å². The van der Waals surface area contributed by atoms with Gasteiger partial charge >= 0.3 is 5.97 Å². The molecule has 5 aliphatic rings. The van der Waals surface area contributed by atoms with Crippen LogP contribution in [-0.2, 0) is 9.53 Å². The number of aliphatic imine (C=N–C) groups is 1. The molecule has 0 amide bonds. The highest BCUT2D eigenvalue weighted by molar-refractivity contribution is 5.70. The second-order valence-electron chi connectivity index (χ2n) is 15.4. The Balaban J connectivity index is 1.17. The van der Waals surface area contributed by atoms with Gasteiger partial charge in [-0.1, -0.05) is 71.6 Å². The van der Waals surface area contributed by atoms with E-state index in [-0.39, 0.29) is 12.1 Å². The fourth-order valence-electron chi connectivity index (χ4n) is 10.3. The third kappa shape index (κ3) is 6.34. The molecule has 1 heterocycles. The van der Waals surface area contributed by atoms with Crippen molar-refractivity contribution in [1.29, 1.82) is 0 Å². The molecule has 3 heteroatoms. The molecule has 0 bridgehead atoms. The molecular formula is C37H59NO2. The molecule has 0 aromatic carbocycles. The Kier molecular flexibility index (Phi) is 9.68. The predicted octanol–water partition coefficient (Wildman–Crippen LogP) is 10.2. The molecule has 0 saturated heterocycles. The van der Waals surface area contributed by atoms with Crippen LogP contribution in [0, 0.1) is 46.3 Å². The fraction of sp³-hybridized carbons (Fsp3) is 0.838. The Labute approximate surface area is 246 Å². The maximum Gasteiger partial charge on any atom is 0.306 e. The van der Waals surface area contributed by atoms with Gasteiger partial charge in [0.15, 0.2) is 0 Å². The molecule has 1 aliphatic heterocycles. The van der Waals surface area contributed by atoms with Crippen LogP contribution in [0.25, 0.3) is 0 Å². The van der Waals surface area contributed by atoms with E-state index in [2.05, 4.69) is 51.8 Å². The van der Waals surface area contributed by atoms with Gasteiger partial charge in [-0.25, -0.2) is 0 Å². The Bertz CT molecular complexity index is 977. The summed E-state index contributed by atoms with van der Waals surface area (Å²) in [7, 11) is 0. The zero-order valence-corrected chi connectivity index (χ0v) is 26.6. The van der Waals surface area contributed by atoms with Gasteiger partial charge in [-0.05, 0) is 123 Å². The van der Waals surface area contributed by atoms with E-state index in [9.17, 15) is 4.79 Å². The van der Waals surface area contributed by atoms with Crippen molar-refractivity contribution in [1.82, 2.24) is 0 Å². The number of allylic oxidation sites excluding steroid dienone is 3. The first-order valence-corrected chi connectivity index (χ1v) is 17.3. The molecule has 0 N–H and O–H groups in total.